The Morgan fingerprint density at radius 2 is 2.15 bits per heavy atom. The average Bonchev–Trinajstić information content (AvgIpc) is 2.52. The molecular formula is C8H4FNS3. The van der Waals surface area contributed by atoms with Crippen LogP contribution in [-0.4, -0.2) is 4.98 Å². The molecule has 5 heteroatoms. The summed E-state index contributed by atoms with van der Waals surface area (Å²) in [4.78, 5) is 4.11. The molecule has 0 fully saturated rings. The van der Waals surface area contributed by atoms with Crippen LogP contribution in [0.25, 0.3) is 10.6 Å². The zero-order valence-electron chi connectivity index (χ0n) is 6.36. The Kier molecular flexibility index (Phi) is 2.48. The van der Waals surface area contributed by atoms with Gasteiger partial charge in [0.05, 0.1) is 0 Å². The fourth-order valence-corrected chi connectivity index (χ4v) is 3.04. The van der Waals surface area contributed by atoms with E-state index in [-0.39, 0.29) is 5.82 Å². The van der Waals surface area contributed by atoms with Gasteiger partial charge in [0.1, 0.15) is 10.8 Å². The molecule has 0 saturated heterocycles. The fraction of sp³-hybridized carbons (Fsp3) is 0. The molecule has 1 aromatic heterocycles. The van der Waals surface area contributed by atoms with E-state index in [4.69, 9.17) is 12.2 Å². The third kappa shape index (κ3) is 1.99. The van der Waals surface area contributed by atoms with Gasteiger partial charge >= 0.3 is 0 Å². The van der Waals surface area contributed by atoms with Crippen molar-refractivity contribution in [3.63, 3.8) is 0 Å². The van der Waals surface area contributed by atoms with Crippen LogP contribution in [0.5, 0.6) is 0 Å². The monoisotopic (exact) mass is 229 g/mol. The van der Waals surface area contributed by atoms with Crippen LogP contribution < -0.4 is 0 Å². The van der Waals surface area contributed by atoms with Crippen LogP contribution in [0.4, 0.5) is 4.39 Å². The summed E-state index contributed by atoms with van der Waals surface area (Å²) in [6.07, 6.45) is 0. The van der Waals surface area contributed by atoms with Crippen LogP contribution in [0.3, 0.4) is 0 Å². The molecule has 0 N–H and O–H groups in total. The number of rotatable bonds is 1. The smallest absolute Gasteiger partial charge is 0.191 e. The van der Waals surface area contributed by atoms with Gasteiger partial charge in [0.25, 0.3) is 0 Å². The van der Waals surface area contributed by atoms with E-state index in [1.165, 1.54) is 32.8 Å². The Balaban J connectivity index is 2.52. The van der Waals surface area contributed by atoms with Crippen LogP contribution in [0.15, 0.2) is 24.3 Å². The van der Waals surface area contributed by atoms with Gasteiger partial charge in [-0.3, -0.25) is 0 Å². The van der Waals surface area contributed by atoms with Gasteiger partial charge in [-0.05, 0) is 34.7 Å². The number of nitrogens with zero attached hydrogens (tertiary/aromatic N) is 1. The third-order valence-electron chi connectivity index (χ3n) is 1.46. The van der Waals surface area contributed by atoms with E-state index in [0.717, 1.165) is 10.6 Å². The first kappa shape index (κ1) is 8.93. The maximum atomic E-state index is 12.8. The molecule has 0 atom stereocenters. The van der Waals surface area contributed by atoms with Crippen molar-refractivity contribution in [3.05, 3.63) is 34.0 Å². The summed E-state index contributed by atoms with van der Waals surface area (Å²) in [6.45, 7) is 0. The number of benzene rings is 1. The van der Waals surface area contributed by atoms with E-state index in [9.17, 15) is 4.39 Å². The highest BCUT2D eigenvalue weighted by atomic mass is 32.9. The van der Waals surface area contributed by atoms with E-state index in [1.54, 1.807) is 6.07 Å². The molecule has 13 heavy (non-hydrogen) atoms. The Bertz CT molecular complexity index is 474. The molecular weight excluding hydrogens is 225 g/mol. The maximum absolute atomic E-state index is 12.8. The number of aromatic nitrogens is 1. The number of hydrogen-bond acceptors (Lipinski definition) is 4. The fourth-order valence-electron chi connectivity index (χ4n) is 0.929. The van der Waals surface area contributed by atoms with Crippen LogP contribution in [0.1, 0.15) is 0 Å². The lowest BCUT2D eigenvalue weighted by molar-refractivity contribution is 0.628. The largest absolute Gasteiger partial charge is 0.214 e. The van der Waals surface area contributed by atoms with E-state index in [2.05, 4.69) is 4.98 Å². The molecule has 0 bridgehead atoms. The normalized spacial score (nSPS) is 10.2. The van der Waals surface area contributed by atoms with Gasteiger partial charge < -0.3 is 0 Å². The second-order valence-electron chi connectivity index (χ2n) is 2.36. The van der Waals surface area contributed by atoms with Crippen molar-refractivity contribution in [1.29, 1.82) is 0 Å². The second-order valence-corrected chi connectivity index (χ2v) is 5.11. The second kappa shape index (κ2) is 3.61. The predicted octanol–water partition coefficient (Wildman–Crippen LogP) is 3.74. The van der Waals surface area contributed by atoms with E-state index in [1.807, 2.05) is 6.07 Å². The quantitative estimate of drug-likeness (QED) is 0.546. The van der Waals surface area contributed by atoms with Crippen molar-refractivity contribution in [2.45, 2.75) is 0 Å². The van der Waals surface area contributed by atoms with E-state index < -0.39 is 0 Å². The van der Waals surface area contributed by atoms with E-state index >= 15 is 0 Å². The minimum absolute atomic E-state index is 0.247. The average molecular weight is 229 g/mol. The van der Waals surface area contributed by atoms with Crippen LogP contribution >= 0.6 is 32.9 Å². The molecule has 2 aromatic rings. The first-order valence-corrected chi connectivity index (χ1v) is 6.04. The minimum atomic E-state index is -0.247. The Morgan fingerprint density at radius 1 is 1.31 bits per heavy atom. The Labute approximate surface area is 86.9 Å². The molecule has 66 valence electrons. The van der Waals surface area contributed by atoms with Gasteiger partial charge in [0.2, 0.25) is 0 Å². The summed E-state index contributed by atoms with van der Waals surface area (Å²) in [5, 5.41) is 0.787. The molecule has 0 aliphatic heterocycles. The van der Waals surface area contributed by atoms with Crippen LogP contribution in [0.2, 0.25) is 0 Å². The van der Waals surface area contributed by atoms with Crippen molar-refractivity contribution in [2.75, 3.05) is 0 Å². The van der Waals surface area contributed by atoms with E-state index in [0.29, 0.717) is 3.95 Å². The number of hydrogen-bond donors (Lipinski definition) is 0. The Hall–Kier alpha value is -0.650. The first-order valence-electron chi connectivity index (χ1n) is 3.49. The summed E-state index contributed by atoms with van der Waals surface area (Å²) < 4.78 is 13.4. The standard InChI is InChI=1S/C8H4FNS3/c9-6-3-1-2-5(4-6)7-10-8(11)13-12-7/h1-4H. The lowest BCUT2D eigenvalue weighted by Gasteiger charge is -1.93. The molecule has 0 aliphatic carbocycles. The summed E-state index contributed by atoms with van der Waals surface area (Å²) in [7, 11) is 2.90. The molecule has 0 saturated carbocycles. The van der Waals surface area contributed by atoms with Gasteiger partial charge in [-0.15, -0.1) is 0 Å². The van der Waals surface area contributed by atoms with Crippen molar-refractivity contribution in [1.82, 2.24) is 4.98 Å². The molecule has 1 nitrogen and oxygen atoms in total. The van der Waals surface area contributed by atoms with Gasteiger partial charge in [0, 0.05) is 5.56 Å². The lowest BCUT2D eigenvalue weighted by Crippen LogP contribution is -1.77. The zero-order valence-corrected chi connectivity index (χ0v) is 8.81. The van der Waals surface area contributed by atoms with Gasteiger partial charge in [-0.1, -0.05) is 22.5 Å². The highest BCUT2D eigenvalue weighted by molar-refractivity contribution is 7.79. The molecule has 0 aliphatic rings. The summed E-state index contributed by atoms with van der Waals surface area (Å²) in [6, 6.07) is 6.36. The highest BCUT2D eigenvalue weighted by Crippen LogP contribution is 2.26. The molecule has 0 amide bonds. The predicted molar refractivity (Wildman–Crippen MR) is 56.2 cm³/mol. The molecule has 1 aromatic carbocycles. The molecule has 2 rings (SSSR count). The minimum Gasteiger partial charge on any atom is -0.214 e. The van der Waals surface area contributed by atoms with Crippen molar-refractivity contribution in [3.8, 4) is 10.6 Å². The summed E-state index contributed by atoms with van der Waals surface area (Å²) >= 11 is 4.89. The molecule has 1 heterocycles. The molecule has 0 spiro atoms. The molecule has 0 unspecified atom stereocenters. The topological polar surface area (TPSA) is 12.9 Å². The first-order chi connectivity index (χ1) is 6.25. The van der Waals surface area contributed by atoms with Crippen LogP contribution in [0, 0.1) is 9.77 Å². The summed E-state index contributed by atoms with van der Waals surface area (Å²) in [5.41, 5.74) is 0.789. The lowest BCUT2D eigenvalue weighted by atomic mass is 10.2. The number of halogens is 1. The van der Waals surface area contributed by atoms with Crippen LogP contribution in [-0.2, 0) is 0 Å². The van der Waals surface area contributed by atoms with Gasteiger partial charge in [-0.2, -0.15) is 0 Å². The highest BCUT2D eigenvalue weighted by Gasteiger charge is 2.02. The zero-order chi connectivity index (χ0) is 9.26. The van der Waals surface area contributed by atoms with Crippen molar-refractivity contribution >= 4 is 32.9 Å². The molecule has 0 radical (unpaired) electrons. The Morgan fingerprint density at radius 3 is 2.77 bits per heavy atom. The third-order valence-corrected chi connectivity index (χ3v) is 4.11. The van der Waals surface area contributed by atoms with Crippen molar-refractivity contribution < 1.29 is 4.39 Å². The van der Waals surface area contributed by atoms with Gasteiger partial charge in [0.15, 0.2) is 3.95 Å². The van der Waals surface area contributed by atoms with Crippen molar-refractivity contribution in [2.24, 2.45) is 0 Å². The summed E-state index contributed by atoms with van der Waals surface area (Å²) in [5.74, 6) is -0.247. The maximum Gasteiger partial charge on any atom is 0.191 e. The SMILES string of the molecule is Fc1cccc(-c2nc(=S)ss2)c1. The van der Waals surface area contributed by atoms with Gasteiger partial charge in [-0.25, -0.2) is 9.37 Å².